The van der Waals surface area contributed by atoms with Crippen LogP contribution >= 0.6 is 0 Å². The van der Waals surface area contributed by atoms with Gasteiger partial charge >= 0.3 is 0 Å². The van der Waals surface area contributed by atoms with Crippen LogP contribution in [0.4, 0.5) is 5.69 Å². The standard InChI is InChI=1S/C24H31N3O3/c1-19(28)26-22-10-6-9-21(17-22)24(29)25-12-7-15-30-23-11-5-8-20(16-23)18-27-13-3-2-4-14-27/h5-6,8-11,16-17H,2-4,7,12-15,18H2,1H3,(H,25,29)(H,26,28). The maximum absolute atomic E-state index is 12.3. The highest BCUT2D eigenvalue weighted by molar-refractivity contribution is 5.96. The van der Waals surface area contributed by atoms with Crippen molar-refractivity contribution in [3.63, 3.8) is 0 Å². The minimum absolute atomic E-state index is 0.161. The van der Waals surface area contributed by atoms with Crippen LogP contribution in [0.15, 0.2) is 48.5 Å². The first-order chi connectivity index (χ1) is 14.6. The van der Waals surface area contributed by atoms with E-state index < -0.39 is 0 Å². The van der Waals surface area contributed by atoms with E-state index in [9.17, 15) is 9.59 Å². The lowest BCUT2D eigenvalue weighted by molar-refractivity contribution is -0.114. The maximum Gasteiger partial charge on any atom is 0.251 e. The van der Waals surface area contributed by atoms with Gasteiger partial charge in [0.05, 0.1) is 6.61 Å². The van der Waals surface area contributed by atoms with E-state index in [1.807, 2.05) is 12.1 Å². The Morgan fingerprint density at radius 3 is 2.63 bits per heavy atom. The Bertz CT molecular complexity index is 847. The Morgan fingerprint density at radius 1 is 1.03 bits per heavy atom. The molecule has 0 aliphatic carbocycles. The van der Waals surface area contributed by atoms with E-state index in [0.717, 1.165) is 12.3 Å². The van der Waals surface area contributed by atoms with Crippen molar-refractivity contribution in [1.82, 2.24) is 10.2 Å². The number of rotatable bonds is 9. The number of nitrogens with one attached hydrogen (secondary N) is 2. The molecule has 2 N–H and O–H groups in total. The van der Waals surface area contributed by atoms with Crippen LogP contribution in [0.3, 0.4) is 0 Å². The van der Waals surface area contributed by atoms with Gasteiger partial charge in [-0.2, -0.15) is 0 Å². The van der Waals surface area contributed by atoms with Crippen LogP contribution in [0.25, 0.3) is 0 Å². The van der Waals surface area contributed by atoms with E-state index in [1.54, 1.807) is 24.3 Å². The first-order valence-corrected chi connectivity index (χ1v) is 10.7. The van der Waals surface area contributed by atoms with Gasteiger partial charge in [-0.1, -0.05) is 24.6 Å². The molecule has 1 fully saturated rings. The van der Waals surface area contributed by atoms with Gasteiger partial charge in [-0.05, 0) is 68.2 Å². The molecule has 30 heavy (non-hydrogen) atoms. The number of benzene rings is 2. The average Bonchev–Trinajstić information content (AvgIpc) is 2.74. The third-order valence-corrected chi connectivity index (χ3v) is 5.07. The molecule has 2 aromatic rings. The Kier molecular flexibility index (Phi) is 8.27. The fourth-order valence-corrected chi connectivity index (χ4v) is 3.62. The highest BCUT2D eigenvalue weighted by Gasteiger charge is 2.11. The molecule has 160 valence electrons. The predicted octanol–water partition coefficient (Wildman–Crippen LogP) is 3.83. The summed E-state index contributed by atoms with van der Waals surface area (Å²) in [6.07, 6.45) is 4.64. The first kappa shape index (κ1) is 21.8. The number of piperidine rings is 1. The number of hydrogen-bond donors (Lipinski definition) is 2. The van der Waals surface area contributed by atoms with Crippen LogP contribution in [-0.4, -0.2) is 43.0 Å². The highest BCUT2D eigenvalue weighted by atomic mass is 16.5. The molecule has 1 aliphatic rings. The number of ether oxygens (including phenoxy) is 1. The van der Waals surface area contributed by atoms with Crippen LogP contribution < -0.4 is 15.4 Å². The van der Waals surface area contributed by atoms with E-state index in [2.05, 4.69) is 27.7 Å². The van der Waals surface area contributed by atoms with Gasteiger partial charge in [-0.25, -0.2) is 0 Å². The SMILES string of the molecule is CC(=O)Nc1cccc(C(=O)NCCCOc2cccc(CN3CCCCC3)c2)c1. The third kappa shape index (κ3) is 7.19. The smallest absolute Gasteiger partial charge is 0.251 e. The lowest BCUT2D eigenvalue weighted by Gasteiger charge is -2.26. The van der Waals surface area contributed by atoms with Crippen molar-refractivity contribution in [2.45, 2.75) is 39.2 Å². The molecule has 0 aromatic heterocycles. The molecule has 1 heterocycles. The molecule has 1 aliphatic heterocycles. The second kappa shape index (κ2) is 11.4. The molecule has 2 amide bonds. The molecule has 1 saturated heterocycles. The summed E-state index contributed by atoms with van der Waals surface area (Å²) < 4.78 is 5.87. The number of likely N-dealkylation sites (tertiary alicyclic amines) is 1. The predicted molar refractivity (Wildman–Crippen MR) is 119 cm³/mol. The summed E-state index contributed by atoms with van der Waals surface area (Å²) in [4.78, 5) is 25.9. The van der Waals surface area contributed by atoms with Crippen molar-refractivity contribution < 1.29 is 14.3 Å². The van der Waals surface area contributed by atoms with Gasteiger partial charge in [-0.15, -0.1) is 0 Å². The van der Waals surface area contributed by atoms with E-state index in [4.69, 9.17) is 4.74 Å². The molecular formula is C24H31N3O3. The minimum atomic E-state index is -0.162. The van der Waals surface area contributed by atoms with Crippen molar-refractivity contribution >= 4 is 17.5 Å². The normalized spacial score (nSPS) is 14.2. The van der Waals surface area contributed by atoms with Crippen molar-refractivity contribution in [1.29, 1.82) is 0 Å². The van der Waals surface area contributed by atoms with E-state index >= 15 is 0 Å². The second-order valence-corrected chi connectivity index (χ2v) is 7.70. The molecular weight excluding hydrogens is 378 g/mol. The van der Waals surface area contributed by atoms with Gasteiger partial charge in [0.2, 0.25) is 5.91 Å². The van der Waals surface area contributed by atoms with Crippen LogP contribution in [0.2, 0.25) is 0 Å². The summed E-state index contributed by atoms with van der Waals surface area (Å²) in [5, 5.41) is 5.58. The molecule has 0 unspecified atom stereocenters. The number of nitrogens with zero attached hydrogens (tertiary/aromatic N) is 1. The highest BCUT2D eigenvalue weighted by Crippen LogP contribution is 2.18. The van der Waals surface area contributed by atoms with Crippen molar-refractivity contribution in [3.8, 4) is 5.75 Å². The summed E-state index contributed by atoms with van der Waals surface area (Å²) >= 11 is 0. The number of hydrogen-bond acceptors (Lipinski definition) is 4. The van der Waals surface area contributed by atoms with Gasteiger partial charge in [0, 0.05) is 31.3 Å². The van der Waals surface area contributed by atoms with E-state index in [0.29, 0.717) is 30.8 Å². The number of carbonyl (C=O) groups excluding carboxylic acids is 2. The Hall–Kier alpha value is -2.86. The second-order valence-electron chi connectivity index (χ2n) is 7.70. The van der Waals surface area contributed by atoms with Crippen LogP contribution in [0.5, 0.6) is 5.75 Å². The quantitative estimate of drug-likeness (QED) is 0.618. The monoisotopic (exact) mass is 409 g/mol. The largest absolute Gasteiger partial charge is 0.494 e. The summed E-state index contributed by atoms with van der Waals surface area (Å²) in [6.45, 7) is 5.84. The average molecular weight is 410 g/mol. The topological polar surface area (TPSA) is 70.7 Å². The van der Waals surface area contributed by atoms with E-state index in [-0.39, 0.29) is 11.8 Å². The summed E-state index contributed by atoms with van der Waals surface area (Å²) in [7, 11) is 0. The van der Waals surface area contributed by atoms with Gasteiger partial charge in [0.25, 0.3) is 5.91 Å². The number of amides is 2. The van der Waals surface area contributed by atoms with Crippen molar-refractivity contribution in [2.24, 2.45) is 0 Å². The molecule has 2 aromatic carbocycles. The molecule has 0 atom stereocenters. The van der Waals surface area contributed by atoms with Crippen molar-refractivity contribution in [2.75, 3.05) is 31.6 Å². The molecule has 0 bridgehead atoms. The fraction of sp³-hybridized carbons (Fsp3) is 0.417. The maximum atomic E-state index is 12.3. The van der Waals surface area contributed by atoms with Crippen LogP contribution in [-0.2, 0) is 11.3 Å². The lowest BCUT2D eigenvalue weighted by atomic mass is 10.1. The van der Waals surface area contributed by atoms with Crippen LogP contribution in [0, 0.1) is 0 Å². The van der Waals surface area contributed by atoms with E-state index in [1.165, 1.54) is 44.8 Å². The lowest BCUT2D eigenvalue weighted by Crippen LogP contribution is -2.29. The molecule has 0 saturated carbocycles. The summed E-state index contributed by atoms with van der Waals surface area (Å²) in [5.41, 5.74) is 2.41. The van der Waals surface area contributed by atoms with Gasteiger partial charge in [-0.3, -0.25) is 14.5 Å². The Balaban J connectivity index is 1.38. The fourth-order valence-electron chi connectivity index (χ4n) is 3.62. The Labute approximate surface area is 178 Å². The number of carbonyl (C=O) groups is 2. The molecule has 0 radical (unpaired) electrons. The van der Waals surface area contributed by atoms with Gasteiger partial charge < -0.3 is 15.4 Å². The zero-order valence-electron chi connectivity index (χ0n) is 17.7. The molecule has 3 rings (SSSR count). The Morgan fingerprint density at radius 2 is 1.83 bits per heavy atom. The third-order valence-electron chi connectivity index (χ3n) is 5.07. The summed E-state index contributed by atoms with van der Waals surface area (Å²) in [6, 6.07) is 15.2. The zero-order valence-corrected chi connectivity index (χ0v) is 17.7. The van der Waals surface area contributed by atoms with Gasteiger partial charge in [0.1, 0.15) is 5.75 Å². The zero-order chi connectivity index (χ0) is 21.2. The minimum Gasteiger partial charge on any atom is -0.494 e. The molecule has 6 nitrogen and oxygen atoms in total. The first-order valence-electron chi connectivity index (χ1n) is 10.7. The molecule has 6 heteroatoms. The summed E-state index contributed by atoms with van der Waals surface area (Å²) in [5.74, 6) is 0.550. The van der Waals surface area contributed by atoms with Crippen molar-refractivity contribution in [3.05, 3.63) is 59.7 Å². The van der Waals surface area contributed by atoms with Gasteiger partial charge in [0.15, 0.2) is 0 Å². The number of anilines is 1. The van der Waals surface area contributed by atoms with Crippen LogP contribution in [0.1, 0.15) is 48.5 Å². The molecule has 0 spiro atoms.